The van der Waals surface area contributed by atoms with E-state index in [0.29, 0.717) is 0 Å². The van der Waals surface area contributed by atoms with E-state index in [9.17, 15) is 4.79 Å². The summed E-state index contributed by atoms with van der Waals surface area (Å²) in [4.78, 5) is 19.5. The van der Waals surface area contributed by atoms with E-state index in [1.807, 2.05) is 47.6 Å². The first-order valence-corrected chi connectivity index (χ1v) is 8.62. The van der Waals surface area contributed by atoms with Crippen molar-refractivity contribution in [1.29, 1.82) is 0 Å². The van der Waals surface area contributed by atoms with Crippen LogP contribution in [0, 0.1) is 0 Å². The summed E-state index contributed by atoms with van der Waals surface area (Å²) in [6, 6.07) is 10.0. The molecule has 0 radical (unpaired) electrons. The molecule has 1 N–H and O–H groups in total. The number of aromatic nitrogens is 2. The van der Waals surface area contributed by atoms with Crippen LogP contribution in [-0.4, -0.2) is 64.7 Å². The van der Waals surface area contributed by atoms with E-state index in [1.54, 1.807) is 0 Å². The Balaban J connectivity index is 1.34. The second kappa shape index (κ2) is 6.75. The highest BCUT2D eigenvalue weighted by Gasteiger charge is 2.37. The topological polar surface area (TPSA) is 55.5 Å². The van der Waals surface area contributed by atoms with Gasteiger partial charge in [-0.25, -0.2) is 0 Å². The van der Waals surface area contributed by atoms with Crippen molar-refractivity contribution in [2.75, 3.05) is 37.6 Å². The number of nitrogens with one attached hydrogen (secondary N) is 1. The van der Waals surface area contributed by atoms with Gasteiger partial charge in [-0.2, -0.15) is 5.10 Å². The molecule has 0 bridgehead atoms. The quantitative estimate of drug-likeness (QED) is 0.921. The van der Waals surface area contributed by atoms with Gasteiger partial charge in [0.2, 0.25) is 5.91 Å². The lowest BCUT2D eigenvalue weighted by molar-refractivity contribution is -0.122. The van der Waals surface area contributed by atoms with Gasteiger partial charge < -0.3 is 4.90 Å². The molecule has 2 fully saturated rings. The van der Waals surface area contributed by atoms with E-state index in [2.05, 4.69) is 20.0 Å². The fraction of sp³-hybridized carbons (Fsp3) is 0.444. The molecule has 0 aliphatic carbocycles. The van der Waals surface area contributed by atoms with Gasteiger partial charge in [0, 0.05) is 56.7 Å². The van der Waals surface area contributed by atoms with Crippen molar-refractivity contribution in [3.8, 4) is 0 Å². The molecule has 126 valence electrons. The highest BCUT2D eigenvalue weighted by molar-refractivity contribution is 5.99. The van der Waals surface area contributed by atoms with Crippen LogP contribution in [0.3, 0.4) is 0 Å². The molecule has 2 saturated heterocycles. The number of para-hydroxylation sites is 1. The van der Waals surface area contributed by atoms with Crippen LogP contribution in [-0.2, 0) is 11.3 Å². The SMILES string of the molecule is O=C1[C@@H](N2CCN(Cc3cn[nH]c3)CC2)CCN1c1ccccc1. The Morgan fingerprint density at radius 2 is 1.88 bits per heavy atom. The van der Waals surface area contributed by atoms with Gasteiger partial charge in [0.05, 0.1) is 12.2 Å². The highest BCUT2D eigenvalue weighted by Crippen LogP contribution is 2.25. The lowest BCUT2D eigenvalue weighted by atomic mass is 10.1. The zero-order valence-corrected chi connectivity index (χ0v) is 13.8. The lowest BCUT2D eigenvalue weighted by Crippen LogP contribution is -2.52. The molecule has 1 aromatic heterocycles. The highest BCUT2D eigenvalue weighted by atomic mass is 16.2. The Bertz CT molecular complexity index is 664. The van der Waals surface area contributed by atoms with Crippen LogP contribution < -0.4 is 4.90 Å². The van der Waals surface area contributed by atoms with Crippen molar-refractivity contribution in [1.82, 2.24) is 20.0 Å². The predicted octanol–water partition coefficient (Wildman–Crippen LogP) is 1.33. The maximum absolute atomic E-state index is 12.8. The Labute approximate surface area is 142 Å². The molecule has 2 aliphatic heterocycles. The van der Waals surface area contributed by atoms with Gasteiger partial charge in [0.15, 0.2) is 0 Å². The summed E-state index contributed by atoms with van der Waals surface area (Å²) < 4.78 is 0. The van der Waals surface area contributed by atoms with E-state index < -0.39 is 0 Å². The predicted molar refractivity (Wildman–Crippen MR) is 92.6 cm³/mol. The minimum atomic E-state index is 0.0429. The Morgan fingerprint density at radius 1 is 1.08 bits per heavy atom. The van der Waals surface area contributed by atoms with Crippen LogP contribution in [0.4, 0.5) is 5.69 Å². The van der Waals surface area contributed by atoms with E-state index in [1.165, 1.54) is 5.56 Å². The van der Waals surface area contributed by atoms with Gasteiger partial charge in [-0.05, 0) is 18.6 Å². The normalized spacial score (nSPS) is 23.1. The van der Waals surface area contributed by atoms with Crippen LogP contribution in [0.5, 0.6) is 0 Å². The van der Waals surface area contributed by atoms with Crippen molar-refractivity contribution in [2.45, 2.75) is 19.0 Å². The molecule has 4 rings (SSSR count). The summed E-state index contributed by atoms with van der Waals surface area (Å²) in [6.45, 7) is 5.66. The van der Waals surface area contributed by atoms with E-state index in [-0.39, 0.29) is 11.9 Å². The van der Waals surface area contributed by atoms with E-state index in [4.69, 9.17) is 0 Å². The third kappa shape index (κ3) is 3.07. The molecule has 0 unspecified atom stereocenters. The van der Waals surface area contributed by atoms with Crippen LogP contribution >= 0.6 is 0 Å². The van der Waals surface area contributed by atoms with Gasteiger partial charge in [-0.1, -0.05) is 18.2 Å². The molecule has 1 aromatic carbocycles. The molecule has 3 heterocycles. The molecule has 1 amide bonds. The Morgan fingerprint density at radius 3 is 2.58 bits per heavy atom. The number of aromatic amines is 1. The first-order valence-electron chi connectivity index (χ1n) is 8.62. The van der Waals surface area contributed by atoms with Gasteiger partial charge in [0.25, 0.3) is 0 Å². The molecule has 2 aromatic rings. The molecular formula is C18H23N5O. The minimum Gasteiger partial charge on any atom is -0.311 e. The second-order valence-electron chi connectivity index (χ2n) is 6.55. The molecule has 0 saturated carbocycles. The Kier molecular flexibility index (Phi) is 4.32. The van der Waals surface area contributed by atoms with Crippen LogP contribution in [0.25, 0.3) is 0 Å². The molecule has 1 atom stereocenters. The van der Waals surface area contributed by atoms with Crippen LogP contribution in [0.1, 0.15) is 12.0 Å². The number of amides is 1. The second-order valence-corrected chi connectivity index (χ2v) is 6.55. The monoisotopic (exact) mass is 325 g/mol. The number of anilines is 1. The summed E-state index contributed by atoms with van der Waals surface area (Å²) >= 11 is 0. The average molecular weight is 325 g/mol. The maximum Gasteiger partial charge on any atom is 0.244 e. The molecule has 6 nitrogen and oxygen atoms in total. The Hall–Kier alpha value is -2.18. The third-order valence-corrected chi connectivity index (χ3v) is 5.05. The van der Waals surface area contributed by atoms with Crippen molar-refractivity contribution < 1.29 is 4.79 Å². The van der Waals surface area contributed by atoms with Crippen molar-refractivity contribution in [3.05, 3.63) is 48.3 Å². The third-order valence-electron chi connectivity index (χ3n) is 5.05. The number of hydrogen-bond donors (Lipinski definition) is 1. The smallest absolute Gasteiger partial charge is 0.244 e. The zero-order chi connectivity index (χ0) is 16.4. The number of nitrogens with zero attached hydrogens (tertiary/aromatic N) is 4. The number of H-pyrrole nitrogens is 1. The van der Waals surface area contributed by atoms with Gasteiger partial charge in [-0.15, -0.1) is 0 Å². The van der Waals surface area contributed by atoms with Gasteiger partial charge >= 0.3 is 0 Å². The fourth-order valence-corrected chi connectivity index (χ4v) is 3.72. The molecule has 24 heavy (non-hydrogen) atoms. The fourth-order valence-electron chi connectivity index (χ4n) is 3.72. The number of hydrogen-bond acceptors (Lipinski definition) is 4. The lowest BCUT2D eigenvalue weighted by Gasteiger charge is -2.37. The number of piperazine rings is 1. The van der Waals surface area contributed by atoms with Gasteiger partial charge in [-0.3, -0.25) is 19.7 Å². The number of benzene rings is 1. The molecule has 2 aliphatic rings. The summed E-state index contributed by atoms with van der Waals surface area (Å²) in [5, 5.41) is 6.86. The summed E-state index contributed by atoms with van der Waals surface area (Å²) in [6.07, 6.45) is 4.75. The zero-order valence-electron chi connectivity index (χ0n) is 13.8. The van der Waals surface area contributed by atoms with Gasteiger partial charge in [0.1, 0.15) is 0 Å². The largest absolute Gasteiger partial charge is 0.311 e. The number of rotatable bonds is 4. The van der Waals surface area contributed by atoms with E-state index in [0.717, 1.165) is 51.4 Å². The summed E-state index contributed by atoms with van der Waals surface area (Å²) in [5.41, 5.74) is 2.24. The number of carbonyl (C=O) groups is 1. The van der Waals surface area contributed by atoms with Crippen molar-refractivity contribution in [2.24, 2.45) is 0 Å². The standard InChI is InChI=1S/C18H23N5O/c24-18-17(6-7-23(18)16-4-2-1-3-5-16)22-10-8-21(9-11-22)14-15-12-19-20-13-15/h1-5,12-13,17H,6-11,14H2,(H,19,20)/t17-/m0/s1. The summed E-state index contributed by atoms with van der Waals surface area (Å²) in [5.74, 6) is 0.254. The van der Waals surface area contributed by atoms with Crippen molar-refractivity contribution in [3.63, 3.8) is 0 Å². The summed E-state index contributed by atoms with van der Waals surface area (Å²) in [7, 11) is 0. The first kappa shape index (κ1) is 15.4. The maximum atomic E-state index is 12.8. The number of carbonyl (C=O) groups excluding carboxylic acids is 1. The van der Waals surface area contributed by atoms with Crippen LogP contribution in [0.2, 0.25) is 0 Å². The average Bonchev–Trinajstić information content (AvgIpc) is 3.26. The van der Waals surface area contributed by atoms with Crippen molar-refractivity contribution >= 4 is 11.6 Å². The van der Waals surface area contributed by atoms with E-state index >= 15 is 0 Å². The molecule has 0 spiro atoms. The molecular weight excluding hydrogens is 302 g/mol. The molecule has 6 heteroatoms. The minimum absolute atomic E-state index is 0.0429. The first-order chi connectivity index (χ1) is 11.8. The van der Waals surface area contributed by atoms with Crippen LogP contribution in [0.15, 0.2) is 42.7 Å².